The van der Waals surface area contributed by atoms with Crippen LogP contribution < -0.4 is 19.5 Å². The van der Waals surface area contributed by atoms with Crippen molar-refractivity contribution in [2.75, 3.05) is 33.9 Å². The van der Waals surface area contributed by atoms with Crippen molar-refractivity contribution in [1.82, 2.24) is 10.2 Å². The second kappa shape index (κ2) is 8.92. The average Bonchev–Trinajstić information content (AvgIpc) is 2.67. The Balaban J connectivity index is 1.76. The van der Waals surface area contributed by atoms with Gasteiger partial charge in [-0.3, -0.25) is 4.90 Å². The van der Waals surface area contributed by atoms with Crippen molar-refractivity contribution in [3.8, 4) is 17.2 Å². The second-order valence-corrected chi connectivity index (χ2v) is 6.69. The number of nitrogens with one attached hydrogen (secondary N) is 1. The number of nitrogens with zero attached hydrogens (tertiary/aromatic N) is 1. The summed E-state index contributed by atoms with van der Waals surface area (Å²) >= 11 is 0. The van der Waals surface area contributed by atoms with Gasteiger partial charge in [0.15, 0.2) is 11.5 Å². The number of rotatable bonds is 7. The molecule has 0 amide bonds. The van der Waals surface area contributed by atoms with Gasteiger partial charge in [0.2, 0.25) is 5.75 Å². The van der Waals surface area contributed by atoms with Crippen LogP contribution >= 0.6 is 0 Å². The molecule has 0 aliphatic carbocycles. The molecule has 1 fully saturated rings. The van der Waals surface area contributed by atoms with Gasteiger partial charge in [0.1, 0.15) is 6.61 Å². The molecule has 1 saturated heterocycles. The highest BCUT2D eigenvalue weighted by Crippen LogP contribution is 2.39. The standard InChI is InChI=1S/C21H28N2O3/c1-16-13-23(10-9-22-16)14-18-11-19(24-2)21(20(12-18)25-3)26-15-17-7-5-4-6-8-17/h4-8,11-12,16,22H,9-10,13-15H2,1-3H3/t16-/m1/s1. The lowest BCUT2D eigenvalue weighted by atomic mass is 10.1. The molecule has 26 heavy (non-hydrogen) atoms. The number of benzene rings is 2. The summed E-state index contributed by atoms with van der Waals surface area (Å²) in [5.41, 5.74) is 2.27. The van der Waals surface area contributed by atoms with E-state index in [1.165, 1.54) is 5.56 Å². The van der Waals surface area contributed by atoms with Gasteiger partial charge in [0, 0.05) is 32.2 Å². The van der Waals surface area contributed by atoms with Crippen LogP contribution in [0.3, 0.4) is 0 Å². The molecule has 1 aliphatic heterocycles. The van der Waals surface area contributed by atoms with E-state index in [-0.39, 0.29) is 0 Å². The van der Waals surface area contributed by atoms with Gasteiger partial charge in [-0.15, -0.1) is 0 Å². The summed E-state index contributed by atoms with van der Waals surface area (Å²) in [6.45, 7) is 6.67. The Kier molecular flexibility index (Phi) is 6.36. The predicted molar refractivity (Wildman–Crippen MR) is 103 cm³/mol. The monoisotopic (exact) mass is 356 g/mol. The molecule has 0 radical (unpaired) electrons. The highest BCUT2D eigenvalue weighted by molar-refractivity contribution is 5.54. The smallest absolute Gasteiger partial charge is 0.203 e. The maximum atomic E-state index is 6.02. The molecule has 1 atom stereocenters. The molecule has 1 aliphatic rings. The topological polar surface area (TPSA) is 43.0 Å². The lowest BCUT2D eigenvalue weighted by Gasteiger charge is -2.32. The van der Waals surface area contributed by atoms with Gasteiger partial charge in [-0.2, -0.15) is 0 Å². The van der Waals surface area contributed by atoms with Crippen LogP contribution in [0, 0.1) is 0 Å². The molecule has 3 rings (SSSR count). The van der Waals surface area contributed by atoms with Crippen LogP contribution in [0.15, 0.2) is 42.5 Å². The molecule has 0 bridgehead atoms. The quantitative estimate of drug-likeness (QED) is 0.826. The second-order valence-electron chi connectivity index (χ2n) is 6.69. The fraction of sp³-hybridized carbons (Fsp3) is 0.429. The molecule has 5 nitrogen and oxygen atoms in total. The summed E-state index contributed by atoms with van der Waals surface area (Å²) in [5.74, 6) is 2.06. The minimum Gasteiger partial charge on any atom is -0.493 e. The van der Waals surface area contributed by atoms with E-state index in [9.17, 15) is 0 Å². The van der Waals surface area contributed by atoms with Gasteiger partial charge in [-0.1, -0.05) is 30.3 Å². The molecule has 0 unspecified atom stereocenters. The first-order valence-electron chi connectivity index (χ1n) is 9.07. The summed E-state index contributed by atoms with van der Waals surface area (Å²) in [5, 5.41) is 3.47. The van der Waals surface area contributed by atoms with E-state index in [0.29, 0.717) is 29.9 Å². The van der Waals surface area contributed by atoms with Crippen LogP contribution in [-0.2, 0) is 13.2 Å². The summed E-state index contributed by atoms with van der Waals surface area (Å²) in [7, 11) is 3.33. The number of methoxy groups -OCH3 is 2. The first kappa shape index (κ1) is 18.5. The number of ether oxygens (including phenoxy) is 3. The molecule has 0 saturated carbocycles. The van der Waals surface area contributed by atoms with Crippen molar-refractivity contribution in [3.05, 3.63) is 53.6 Å². The van der Waals surface area contributed by atoms with E-state index < -0.39 is 0 Å². The summed E-state index contributed by atoms with van der Waals surface area (Å²) < 4.78 is 17.2. The van der Waals surface area contributed by atoms with Crippen molar-refractivity contribution < 1.29 is 14.2 Å². The highest BCUT2D eigenvalue weighted by Gasteiger charge is 2.19. The number of hydrogen-bond donors (Lipinski definition) is 1. The molecule has 2 aromatic rings. The minimum atomic E-state index is 0.474. The lowest BCUT2D eigenvalue weighted by molar-refractivity contribution is 0.199. The van der Waals surface area contributed by atoms with Crippen LogP contribution in [0.25, 0.3) is 0 Å². The third-order valence-electron chi connectivity index (χ3n) is 4.61. The zero-order chi connectivity index (χ0) is 18.4. The van der Waals surface area contributed by atoms with Crippen molar-refractivity contribution in [3.63, 3.8) is 0 Å². The Morgan fingerprint density at radius 2 is 1.73 bits per heavy atom. The van der Waals surface area contributed by atoms with E-state index in [0.717, 1.165) is 31.7 Å². The Labute approximate surface area is 155 Å². The maximum absolute atomic E-state index is 6.02. The van der Waals surface area contributed by atoms with Gasteiger partial charge in [0.05, 0.1) is 14.2 Å². The predicted octanol–water partition coefficient (Wildman–Crippen LogP) is 3.08. The van der Waals surface area contributed by atoms with Crippen LogP contribution in [0.1, 0.15) is 18.1 Å². The Hall–Kier alpha value is -2.24. The molecule has 140 valence electrons. The molecule has 1 N–H and O–H groups in total. The third-order valence-corrected chi connectivity index (χ3v) is 4.61. The SMILES string of the molecule is COc1cc(CN2CCN[C@H](C)C2)cc(OC)c1OCc1ccccc1. The third kappa shape index (κ3) is 4.68. The summed E-state index contributed by atoms with van der Waals surface area (Å²) in [4.78, 5) is 2.44. The molecular weight excluding hydrogens is 328 g/mol. The molecule has 0 aromatic heterocycles. The first-order chi connectivity index (χ1) is 12.7. The Morgan fingerprint density at radius 1 is 1.04 bits per heavy atom. The van der Waals surface area contributed by atoms with E-state index in [1.807, 2.05) is 30.3 Å². The van der Waals surface area contributed by atoms with Crippen LogP contribution in [0.4, 0.5) is 0 Å². The van der Waals surface area contributed by atoms with Gasteiger partial charge < -0.3 is 19.5 Å². The van der Waals surface area contributed by atoms with E-state index >= 15 is 0 Å². The minimum absolute atomic E-state index is 0.474. The van der Waals surface area contributed by atoms with Crippen molar-refractivity contribution in [2.24, 2.45) is 0 Å². The lowest BCUT2D eigenvalue weighted by Crippen LogP contribution is -2.48. The number of hydrogen-bond acceptors (Lipinski definition) is 5. The summed E-state index contributed by atoms with van der Waals surface area (Å²) in [6, 6.07) is 14.7. The Morgan fingerprint density at radius 3 is 2.35 bits per heavy atom. The van der Waals surface area contributed by atoms with Crippen molar-refractivity contribution in [2.45, 2.75) is 26.1 Å². The van der Waals surface area contributed by atoms with E-state index in [1.54, 1.807) is 14.2 Å². The molecule has 0 spiro atoms. The Bertz CT molecular complexity index is 681. The van der Waals surface area contributed by atoms with Gasteiger partial charge in [-0.05, 0) is 30.2 Å². The fourth-order valence-electron chi connectivity index (χ4n) is 3.31. The van der Waals surface area contributed by atoms with Gasteiger partial charge >= 0.3 is 0 Å². The van der Waals surface area contributed by atoms with E-state index in [4.69, 9.17) is 14.2 Å². The average molecular weight is 356 g/mol. The first-order valence-corrected chi connectivity index (χ1v) is 9.07. The zero-order valence-electron chi connectivity index (χ0n) is 15.8. The van der Waals surface area contributed by atoms with Crippen LogP contribution in [0.5, 0.6) is 17.2 Å². The summed E-state index contributed by atoms with van der Waals surface area (Å²) in [6.07, 6.45) is 0. The van der Waals surface area contributed by atoms with E-state index in [2.05, 4.69) is 29.3 Å². The van der Waals surface area contributed by atoms with Gasteiger partial charge in [-0.25, -0.2) is 0 Å². The highest BCUT2D eigenvalue weighted by atomic mass is 16.5. The fourth-order valence-corrected chi connectivity index (χ4v) is 3.31. The molecular formula is C21H28N2O3. The largest absolute Gasteiger partial charge is 0.493 e. The number of piperazine rings is 1. The van der Waals surface area contributed by atoms with Crippen molar-refractivity contribution in [1.29, 1.82) is 0 Å². The zero-order valence-corrected chi connectivity index (χ0v) is 15.8. The van der Waals surface area contributed by atoms with Gasteiger partial charge in [0.25, 0.3) is 0 Å². The molecule has 5 heteroatoms. The normalized spacial score (nSPS) is 17.7. The van der Waals surface area contributed by atoms with Crippen molar-refractivity contribution >= 4 is 0 Å². The molecule has 2 aromatic carbocycles. The van der Waals surface area contributed by atoms with Crippen LogP contribution in [0.2, 0.25) is 0 Å². The molecule has 1 heterocycles. The van der Waals surface area contributed by atoms with Crippen LogP contribution in [-0.4, -0.2) is 44.8 Å². The maximum Gasteiger partial charge on any atom is 0.203 e.